The van der Waals surface area contributed by atoms with E-state index in [1.807, 2.05) is 36.4 Å². The van der Waals surface area contributed by atoms with Crippen molar-refractivity contribution in [2.75, 3.05) is 13.7 Å². The molecule has 2 aromatic carbocycles. The van der Waals surface area contributed by atoms with Crippen LogP contribution in [0.25, 0.3) is 11.1 Å². The molecule has 0 saturated heterocycles. The summed E-state index contributed by atoms with van der Waals surface area (Å²) >= 11 is 0. The van der Waals surface area contributed by atoms with E-state index in [0.29, 0.717) is 11.5 Å². The van der Waals surface area contributed by atoms with Crippen LogP contribution in [0, 0.1) is 12.3 Å². The summed E-state index contributed by atoms with van der Waals surface area (Å²) in [5, 5.41) is 0. The molecule has 0 amide bonds. The number of methoxy groups -OCH3 is 1. The van der Waals surface area contributed by atoms with Gasteiger partial charge >= 0.3 is 0 Å². The molecule has 0 spiro atoms. The van der Waals surface area contributed by atoms with Crippen LogP contribution in [-0.2, 0) is 0 Å². The Bertz CT molecular complexity index is 553. The molecule has 0 radical (unpaired) electrons. The highest BCUT2D eigenvalue weighted by Gasteiger charge is 2.06. The summed E-state index contributed by atoms with van der Waals surface area (Å²) in [5.74, 6) is 3.78. The molecule has 0 aromatic heterocycles. The van der Waals surface area contributed by atoms with Crippen molar-refractivity contribution in [2.24, 2.45) is 0 Å². The summed E-state index contributed by atoms with van der Waals surface area (Å²) in [4.78, 5) is 0. The van der Waals surface area contributed by atoms with Crippen molar-refractivity contribution in [1.82, 2.24) is 0 Å². The molecule has 2 aromatic rings. The van der Waals surface area contributed by atoms with Gasteiger partial charge in [-0.05, 0) is 23.3 Å². The first-order valence-corrected chi connectivity index (χ1v) is 5.65. The quantitative estimate of drug-likeness (QED) is 0.760. The van der Waals surface area contributed by atoms with E-state index in [9.17, 15) is 0 Å². The molecule has 0 aliphatic carbocycles. The number of hydrogen-bond donors (Lipinski definition) is 0. The maximum Gasteiger partial charge on any atom is 0.162 e. The van der Waals surface area contributed by atoms with Gasteiger partial charge in [0.15, 0.2) is 11.5 Å². The van der Waals surface area contributed by atoms with Crippen molar-refractivity contribution < 1.29 is 9.47 Å². The Morgan fingerprint density at radius 2 is 1.78 bits per heavy atom. The van der Waals surface area contributed by atoms with Gasteiger partial charge in [0.1, 0.15) is 6.61 Å². The number of benzene rings is 2. The highest BCUT2D eigenvalue weighted by Crippen LogP contribution is 2.32. The van der Waals surface area contributed by atoms with Gasteiger partial charge in [0.25, 0.3) is 0 Å². The minimum absolute atomic E-state index is 0.237. The minimum atomic E-state index is 0.237. The summed E-state index contributed by atoms with van der Waals surface area (Å²) in [6, 6.07) is 15.9. The molecular formula is C16H14O2. The molecule has 0 fully saturated rings. The lowest BCUT2D eigenvalue weighted by atomic mass is 10.1. The molecule has 18 heavy (non-hydrogen) atoms. The Morgan fingerprint density at radius 1 is 1.00 bits per heavy atom. The average molecular weight is 238 g/mol. The second kappa shape index (κ2) is 5.79. The summed E-state index contributed by atoms with van der Waals surface area (Å²) in [7, 11) is 1.62. The van der Waals surface area contributed by atoms with Crippen LogP contribution in [0.4, 0.5) is 0 Å². The summed E-state index contributed by atoms with van der Waals surface area (Å²) in [6.07, 6.45) is 5.17. The third kappa shape index (κ3) is 2.64. The number of rotatable bonds is 4. The van der Waals surface area contributed by atoms with E-state index < -0.39 is 0 Å². The molecule has 0 bridgehead atoms. The van der Waals surface area contributed by atoms with Crippen molar-refractivity contribution in [3.8, 4) is 35.0 Å². The van der Waals surface area contributed by atoms with Gasteiger partial charge in [-0.3, -0.25) is 0 Å². The summed E-state index contributed by atoms with van der Waals surface area (Å²) < 4.78 is 10.7. The highest BCUT2D eigenvalue weighted by molar-refractivity contribution is 5.67. The highest BCUT2D eigenvalue weighted by atomic mass is 16.5. The van der Waals surface area contributed by atoms with Crippen LogP contribution in [0.15, 0.2) is 48.5 Å². The molecule has 0 atom stereocenters. The molecule has 0 saturated carbocycles. The Hall–Kier alpha value is -2.40. The third-order valence-electron chi connectivity index (χ3n) is 2.58. The second-order valence-corrected chi connectivity index (χ2v) is 3.72. The minimum Gasteiger partial charge on any atom is -0.493 e. The smallest absolute Gasteiger partial charge is 0.162 e. The van der Waals surface area contributed by atoms with Crippen LogP contribution in [-0.4, -0.2) is 13.7 Å². The van der Waals surface area contributed by atoms with Gasteiger partial charge in [-0.2, -0.15) is 0 Å². The summed E-state index contributed by atoms with van der Waals surface area (Å²) in [5.41, 5.74) is 2.22. The summed E-state index contributed by atoms with van der Waals surface area (Å²) in [6.45, 7) is 0.237. The molecule has 90 valence electrons. The lowest BCUT2D eigenvalue weighted by Crippen LogP contribution is -1.96. The van der Waals surface area contributed by atoms with E-state index in [4.69, 9.17) is 15.9 Å². The average Bonchev–Trinajstić information content (AvgIpc) is 2.46. The fourth-order valence-corrected chi connectivity index (χ4v) is 1.72. The van der Waals surface area contributed by atoms with Gasteiger partial charge in [-0.15, -0.1) is 6.42 Å². The van der Waals surface area contributed by atoms with Gasteiger partial charge in [-0.1, -0.05) is 42.3 Å². The van der Waals surface area contributed by atoms with Crippen LogP contribution in [0.3, 0.4) is 0 Å². The second-order valence-electron chi connectivity index (χ2n) is 3.72. The standard InChI is InChI=1S/C16H14O2/c1-3-11-18-15-10-9-14(12-16(15)17-2)13-7-5-4-6-8-13/h1,4-10,12H,11H2,2H3. The lowest BCUT2D eigenvalue weighted by Gasteiger charge is -2.10. The van der Waals surface area contributed by atoms with Crippen molar-refractivity contribution in [3.05, 3.63) is 48.5 Å². The van der Waals surface area contributed by atoms with Gasteiger partial charge < -0.3 is 9.47 Å². The van der Waals surface area contributed by atoms with Crippen LogP contribution < -0.4 is 9.47 Å². The molecule has 2 heteroatoms. The normalized spacial score (nSPS) is 9.56. The van der Waals surface area contributed by atoms with Crippen LogP contribution >= 0.6 is 0 Å². The SMILES string of the molecule is C#CCOc1ccc(-c2ccccc2)cc1OC. The van der Waals surface area contributed by atoms with Crippen molar-refractivity contribution in [1.29, 1.82) is 0 Å². The Morgan fingerprint density at radius 3 is 2.44 bits per heavy atom. The topological polar surface area (TPSA) is 18.5 Å². The van der Waals surface area contributed by atoms with Crippen molar-refractivity contribution in [3.63, 3.8) is 0 Å². The molecule has 0 heterocycles. The van der Waals surface area contributed by atoms with E-state index in [0.717, 1.165) is 11.1 Å². The van der Waals surface area contributed by atoms with E-state index in [2.05, 4.69) is 18.1 Å². The van der Waals surface area contributed by atoms with Crippen LogP contribution in [0.5, 0.6) is 11.5 Å². The van der Waals surface area contributed by atoms with Crippen molar-refractivity contribution in [2.45, 2.75) is 0 Å². The first-order chi connectivity index (χ1) is 8.85. The number of terminal acetylenes is 1. The van der Waals surface area contributed by atoms with E-state index in [1.165, 1.54) is 0 Å². The van der Waals surface area contributed by atoms with Gasteiger partial charge in [0, 0.05) is 0 Å². The third-order valence-corrected chi connectivity index (χ3v) is 2.58. The molecule has 2 rings (SSSR count). The molecule has 2 nitrogen and oxygen atoms in total. The van der Waals surface area contributed by atoms with E-state index >= 15 is 0 Å². The Labute approximate surface area is 107 Å². The molecule has 0 N–H and O–H groups in total. The van der Waals surface area contributed by atoms with Gasteiger partial charge in [0.05, 0.1) is 7.11 Å². The monoisotopic (exact) mass is 238 g/mol. The fourth-order valence-electron chi connectivity index (χ4n) is 1.72. The van der Waals surface area contributed by atoms with Crippen LogP contribution in [0.2, 0.25) is 0 Å². The number of hydrogen-bond acceptors (Lipinski definition) is 2. The van der Waals surface area contributed by atoms with Gasteiger partial charge in [0.2, 0.25) is 0 Å². The van der Waals surface area contributed by atoms with E-state index in [1.54, 1.807) is 7.11 Å². The Balaban J connectivity index is 2.33. The zero-order chi connectivity index (χ0) is 12.8. The first kappa shape index (κ1) is 12.1. The zero-order valence-corrected chi connectivity index (χ0v) is 10.2. The molecular weight excluding hydrogens is 224 g/mol. The van der Waals surface area contributed by atoms with Crippen LogP contribution in [0.1, 0.15) is 0 Å². The molecule has 0 unspecified atom stereocenters. The zero-order valence-electron chi connectivity index (χ0n) is 10.2. The lowest BCUT2D eigenvalue weighted by molar-refractivity contribution is 0.331. The van der Waals surface area contributed by atoms with Crippen molar-refractivity contribution >= 4 is 0 Å². The first-order valence-electron chi connectivity index (χ1n) is 5.65. The number of ether oxygens (including phenoxy) is 2. The molecule has 0 aliphatic rings. The maximum absolute atomic E-state index is 5.41. The predicted molar refractivity (Wildman–Crippen MR) is 72.8 cm³/mol. The molecule has 0 aliphatic heterocycles. The fraction of sp³-hybridized carbons (Fsp3) is 0.125. The maximum atomic E-state index is 5.41. The Kier molecular flexibility index (Phi) is 3.88. The predicted octanol–water partition coefficient (Wildman–Crippen LogP) is 3.37. The van der Waals surface area contributed by atoms with Gasteiger partial charge in [-0.25, -0.2) is 0 Å². The van der Waals surface area contributed by atoms with E-state index in [-0.39, 0.29) is 6.61 Å². The largest absolute Gasteiger partial charge is 0.493 e.